The van der Waals surface area contributed by atoms with E-state index in [9.17, 15) is 13.2 Å². The zero-order chi connectivity index (χ0) is 16.9. The lowest BCUT2D eigenvalue weighted by Gasteiger charge is -2.20. The van der Waals surface area contributed by atoms with Crippen molar-refractivity contribution in [3.63, 3.8) is 0 Å². The Morgan fingerprint density at radius 1 is 1.17 bits per heavy atom. The Labute approximate surface area is 131 Å². The van der Waals surface area contributed by atoms with Crippen molar-refractivity contribution in [1.29, 1.82) is 0 Å². The highest BCUT2D eigenvalue weighted by Gasteiger charge is 2.37. The van der Waals surface area contributed by atoms with Crippen LogP contribution in [-0.4, -0.2) is 33.3 Å². The maximum Gasteiger partial charge on any atom is 0.455 e. The number of hydrogen-bond donors (Lipinski definition) is 1. The summed E-state index contributed by atoms with van der Waals surface area (Å²) in [6.45, 7) is 3.10. The van der Waals surface area contributed by atoms with Crippen molar-refractivity contribution < 1.29 is 22.8 Å². The van der Waals surface area contributed by atoms with E-state index in [1.807, 2.05) is 36.1 Å². The van der Waals surface area contributed by atoms with Gasteiger partial charge in [0.15, 0.2) is 0 Å². The quantitative estimate of drug-likeness (QED) is 0.846. The monoisotopic (exact) mass is 329 g/mol. The minimum Gasteiger partial charge on any atom is -0.396 e. The molecule has 0 amide bonds. The number of aliphatic hydroxyl groups excluding tert-OH is 1. The van der Waals surface area contributed by atoms with E-state index in [-0.39, 0.29) is 19.0 Å². The van der Waals surface area contributed by atoms with Crippen molar-refractivity contribution >= 4 is 0 Å². The second kappa shape index (κ2) is 7.56. The highest BCUT2D eigenvalue weighted by molar-refractivity contribution is 5.21. The maximum absolute atomic E-state index is 12.5. The van der Waals surface area contributed by atoms with E-state index < -0.39 is 12.0 Å². The molecule has 1 heterocycles. The van der Waals surface area contributed by atoms with Crippen LogP contribution in [0.1, 0.15) is 29.3 Å². The van der Waals surface area contributed by atoms with Gasteiger partial charge in [0, 0.05) is 19.7 Å². The van der Waals surface area contributed by atoms with E-state index in [4.69, 9.17) is 5.11 Å². The van der Waals surface area contributed by atoms with Gasteiger partial charge in [-0.25, -0.2) is 0 Å². The summed E-state index contributed by atoms with van der Waals surface area (Å²) in [5.41, 5.74) is 2.14. The summed E-state index contributed by atoms with van der Waals surface area (Å²) < 4.78 is 42.2. The summed E-state index contributed by atoms with van der Waals surface area (Å²) >= 11 is 0. The maximum atomic E-state index is 12.5. The number of halogens is 3. The number of aromatic nitrogens is 2. The Morgan fingerprint density at radius 3 is 2.43 bits per heavy atom. The van der Waals surface area contributed by atoms with Crippen LogP contribution in [0.3, 0.4) is 0 Å². The van der Waals surface area contributed by atoms with E-state index in [2.05, 4.69) is 14.7 Å². The number of alkyl halides is 3. The average Bonchev–Trinajstić information content (AvgIpc) is 2.96. The van der Waals surface area contributed by atoms with E-state index in [1.54, 1.807) is 0 Å². The Hall–Kier alpha value is -1.93. The molecular weight excluding hydrogens is 311 g/mol. The van der Waals surface area contributed by atoms with Crippen LogP contribution in [0.2, 0.25) is 0 Å². The number of benzene rings is 1. The lowest BCUT2D eigenvalue weighted by Crippen LogP contribution is -2.25. The molecule has 0 bridgehead atoms. The molecule has 0 aliphatic rings. The van der Waals surface area contributed by atoms with Gasteiger partial charge in [-0.15, -0.1) is 0 Å². The first-order chi connectivity index (χ1) is 10.9. The van der Waals surface area contributed by atoms with Crippen molar-refractivity contribution in [2.24, 2.45) is 0 Å². The molecule has 0 saturated carbocycles. The summed E-state index contributed by atoms with van der Waals surface area (Å²) in [5.74, 6) is -1.37. The number of hydrogen-bond acceptors (Lipinski definition) is 5. The van der Waals surface area contributed by atoms with Gasteiger partial charge in [0.1, 0.15) is 0 Å². The van der Waals surface area contributed by atoms with Crippen molar-refractivity contribution in [2.75, 3.05) is 13.2 Å². The molecule has 1 aromatic heterocycles. The summed E-state index contributed by atoms with van der Waals surface area (Å²) in [4.78, 5) is 5.23. The summed E-state index contributed by atoms with van der Waals surface area (Å²) in [6, 6.07) is 7.84. The third-order valence-electron chi connectivity index (χ3n) is 3.24. The molecule has 0 fully saturated rings. The van der Waals surface area contributed by atoms with Crippen LogP contribution in [0.4, 0.5) is 13.2 Å². The van der Waals surface area contributed by atoms with Gasteiger partial charge in [0.25, 0.3) is 5.82 Å². The lowest BCUT2D eigenvalue weighted by atomic mass is 10.1. The molecule has 0 radical (unpaired) electrons. The molecule has 2 aromatic rings. The lowest BCUT2D eigenvalue weighted by molar-refractivity contribution is -0.146. The number of aliphatic hydroxyl groups is 1. The van der Waals surface area contributed by atoms with Gasteiger partial charge >= 0.3 is 6.18 Å². The van der Waals surface area contributed by atoms with Gasteiger partial charge in [-0.3, -0.25) is 4.90 Å². The molecule has 5 nitrogen and oxygen atoms in total. The van der Waals surface area contributed by atoms with Crippen LogP contribution in [0.5, 0.6) is 0 Å². The molecule has 1 N–H and O–H groups in total. The van der Waals surface area contributed by atoms with Crippen LogP contribution in [-0.2, 0) is 19.3 Å². The SMILES string of the molecule is Cc1ccc(CN(CCCO)Cc2nc(C(F)(F)F)no2)cc1. The Morgan fingerprint density at radius 2 is 1.87 bits per heavy atom. The number of aryl methyl sites for hydroxylation is 1. The molecule has 1 aromatic carbocycles. The van der Waals surface area contributed by atoms with Gasteiger partial charge in [-0.2, -0.15) is 18.2 Å². The van der Waals surface area contributed by atoms with Crippen molar-refractivity contribution in [2.45, 2.75) is 32.6 Å². The highest BCUT2D eigenvalue weighted by Crippen LogP contribution is 2.26. The molecule has 0 aliphatic heterocycles. The Bertz CT molecular complexity index is 611. The largest absolute Gasteiger partial charge is 0.455 e. The number of nitrogens with zero attached hydrogens (tertiary/aromatic N) is 3. The molecule has 0 atom stereocenters. The molecule has 0 aliphatic carbocycles. The molecule has 0 spiro atoms. The topological polar surface area (TPSA) is 62.4 Å². The normalized spacial score (nSPS) is 12.1. The van der Waals surface area contributed by atoms with Gasteiger partial charge in [0.2, 0.25) is 5.89 Å². The fourth-order valence-electron chi connectivity index (χ4n) is 2.09. The van der Waals surface area contributed by atoms with Gasteiger partial charge < -0.3 is 9.63 Å². The molecule has 126 valence electrons. The Kier molecular flexibility index (Phi) is 5.73. The minimum atomic E-state index is -4.62. The minimum absolute atomic E-state index is 0.00202. The first-order valence-corrected chi connectivity index (χ1v) is 7.17. The van der Waals surface area contributed by atoms with Crippen LogP contribution < -0.4 is 0 Å². The molecule has 2 rings (SSSR count). The Balaban J connectivity index is 2.05. The second-order valence-electron chi connectivity index (χ2n) is 5.28. The van der Waals surface area contributed by atoms with Crippen LogP contribution in [0, 0.1) is 6.92 Å². The molecule has 0 unspecified atom stereocenters. The zero-order valence-electron chi connectivity index (χ0n) is 12.7. The molecule has 23 heavy (non-hydrogen) atoms. The third-order valence-corrected chi connectivity index (χ3v) is 3.24. The van der Waals surface area contributed by atoms with E-state index in [1.165, 1.54) is 0 Å². The molecule has 0 saturated heterocycles. The predicted octanol–water partition coefficient (Wildman–Crippen LogP) is 2.78. The van der Waals surface area contributed by atoms with E-state index in [0.717, 1.165) is 11.1 Å². The van der Waals surface area contributed by atoms with Crippen molar-refractivity contribution in [3.8, 4) is 0 Å². The van der Waals surface area contributed by atoms with E-state index in [0.29, 0.717) is 19.5 Å². The fraction of sp³-hybridized carbons (Fsp3) is 0.467. The summed E-state index contributed by atoms with van der Waals surface area (Å²) in [7, 11) is 0. The van der Waals surface area contributed by atoms with Gasteiger partial charge in [-0.05, 0) is 18.9 Å². The van der Waals surface area contributed by atoms with Gasteiger partial charge in [0.05, 0.1) is 6.54 Å². The molecular formula is C15H18F3N3O2. The predicted molar refractivity (Wildman–Crippen MR) is 76.3 cm³/mol. The van der Waals surface area contributed by atoms with Crippen molar-refractivity contribution in [3.05, 3.63) is 47.1 Å². The summed E-state index contributed by atoms with van der Waals surface area (Å²) in [5, 5.41) is 11.9. The third kappa shape index (κ3) is 5.33. The van der Waals surface area contributed by atoms with Gasteiger partial charge in [-0.1, -0.05) is 35.0 Å². The smallest absolute Gasteiger partial charge is 0.396 e. The number of rotatable bonds is 7. The average molecular weight is 329 g/mol. The summed E-state index contributed by atoms with van der Waals surface area (Å²) in [6.07, 6.45) is -4.11. The molecule has 8 heteroatoms. The van der Waals surface area contributed by atoms with Crippen LogP contribution >= 0.6 is 0 Å². The van der Waals surface area contributed by atoms with E-state index >= 15 is 0 Å². The first-order valence-electron chi connectivity index (χ1n) is 7.17. The zero-order valence-corrected chi connectivity index (χ0v) is 12.7. The van der Waals surface area contributed by atoms with Crippen LogP contribution in [0.25, 0.3) is 0 Å². The standard InChI is InChI=1S/C15H18F3N3O2/c1-11-3-5-12(6-4-11)9-21(7-2-8-22)10-13-19-14(20-23-13)15(16,17)18/h3-6,22H,2,7-10H2,1H3. The van der Waals surface area contributed by atoms with Crippen LogP contribution in [0.15, 0.2) is 28.8 Å². The van der Waals surface area contributed by atoms with Crippen molar-refractivity contribution in [1.82, 2.24) is 15.0 Å². The fourth-order valence-corrected chi connectivity index (χ4v) is 2.09. The first kappa shape index (κ1) is 17.4. The highest BCUT2D eigenvalue weighted by atomic mass is 19.4. The second-order valence-corrected chi connectivity index (χ2v) is 5.28.